The van der Waals surface area contributed by atoms with E-state index in [9.17, 15) is 9.59 Å². The summed E-state index contributed by atoms with van der Waals surface area (Å²) in [5.41, 5.74) is 8.81. The Balaban J connectivity index is 1.66. The zero-order valence-corrected chi connectivity index (χ0v) is 11.7. The minimum Gasteiger partial charge on any atom is -0.328 e. The van der Waals surface area contributed by atoms with Crippen molar-refractivity contribution in [3.63, 3.8) is 0 Å². The van der Waals surface area contributed by atoms with Gasteiger partial charge < -0.3 is 5.73 Å². The standard InChI is InChI=1S/C17H21NO2/c18-15-5-1-11(2-6-15)7-17(20)13-4-3-12-9-16(19)10-14(12)8-13/h3-4,8,11,15H,1-2,5-7,9-10,18H2. The van der Waals surface area contributed by atoms with E-state index in [1.807, 2.05) is 18.2 Å². The summed E-state index contributed by atoms with van der Waals surface area (Å²) in [7, 11) is 0. The van der Waals surface area contributed by atoms with Gasteiger partial charge in [0.05, 0.1) is 0 Å². The Morgan fingerprint density at radius 1 is 1.10 bits per heavy atom. The van der Waals surface area contributed by atoms with E-state index in [0.717, 1.165) is 42.4 Å². The maximum Gasteiger partial charge on any atom is 0.163 e. The number of hydrogen-bond acceptors (Lipinski definition) is 3. The summed E-state index contributed by atoms with van der Waals surface area (Å²) >= 11 is 0. The van der Waals surface area contributed by atoms with E-state index >= 15 is 0 Å². The Labute approximate surface area is 119 Å². The third-order valence-electron chi connectivity index (χ3n) is 4.67. The number of benzene rings is 1. The van der Waals surface area contributed by atoms with E-state index in [0.29, 0.717) is 31.2 Å². The van der Waals surface area contributed by atoms with Gasteiger partial charge in [0, 0.05) is 30.9 Å². The van der Waals surface area contributed by atoms with Gasteiger partial charge in [-0.15, -0.1) is 0 Å². The summed E-state index contributed by atoms with van der Waals surface area (Å²) in [6.45, 7) is 0. The molecular formula is C17H21NO2. The molecule has 0 bridgehead atoms. The van der Waals surface area contributed by atoms with E-state index in [4.69, 9.17) is 5.73 Å². The van der Waals surface area contributed by atoms with Crippen molar-refractivity contribution in [3.8, 4) is 0 Å². The molecule has 0 heterocycles. The molecule has 3 nitrogen and oxygen atoms in total. The number of fused-ring (bicyclic) bond motifs is 1. The lowest BCUT2D eigenvalue weighted by Crippen LogP contribution is -2.27. The maximum atomic E-state index is 12.4. The highest BCUT2D eigenvalue weighted by molar-refractivity contribution is 5.97. The van der Waals surface area contributed by atoms with Crippen molar-refractivity contribution in [2.75, 3.05) is 0 Å². The Kier molecular flexibility index (Phi) is 3.70. The molecule has 0 saturated heterocycles. The number of hydrogen-bond donors (Lipinski definition) is 1. The zero-order chi connectivity index (χ0) is 14.1. The van der Waals surface area contributed by atoms with Crippen molar-refractivity contribution in [2.24, 2.45) is 11.7 Å². The summed E-state index contributed by atoms with van der Waals surface area (Å²) in [5, 5.41) is 0. The number of rotatable bonds is 3. The van der Waals surface area contributed by atoms with Gasteiger partial charge in [-0.1, -0.05) is 12.1 Å². The second kappa shape index (κ2) is 5.49. The molecular weight excluding hydrogens is 250 g/mol. The van der Waals surface area contributed by atoms with Crippen LogP contribution in [-0.2, 0) is 17.6 Å². The first-order valence-electron chi connectivity index (χ1n) is 7.54. The lowest BCUT2D eigenvalue weighted by Gasteiger charge is -2.25. The van der Waals surface area contributed by atoms with Crippen LogP contribution in [0.25, 0.3) is 0 Å². The Morgan fingerprint density at radius 2 is 1.80 bits per heavy atom. The molecule has 0 aliphatic heterocycles. The first kappa shape index (κ1) is 13.5. The van der Waals surface area contributed by atoms with Crippen molar-refractivity contribution in [2.45, 2.75) is 51.0 Å². The summed E-state index contributed by atoms with van der Waals surface area (Å²) in [6.07, 6.45) is 5.86. The predicted molar refractivity (Wildman–Crippen MR) is 77.7 cm³/mol. The van der Waals surface area contributed by atoms with E-state index in [2.05, 4.69) is 0 Å². The summed E-state index contributed by atoms with van der Waals surface area (Å²) in [6, 6.07) is 6.09. The van der Waals surface area contributed by atoms with Gasteiger partial charge in [0.15, 0.2) is 5.78 Å². The van der Waals surface area contributed by atoms with E-state index < -0.39 is 0 Å². The van der Waals surface area contributed by atoms with Crippen LogP contribution >= 0.6 is 0 Å². The number of nitrogens with two attached hydrogens (primary N) is 1. The highest BCUT2D eigenvalue weighted by atomic mass is 16.1. The van der Waals surface area contributed by atoms with Crippen LogP contribution in [0.5, 0.6) is 0 Å². The molecule has 2 aliphatic carbocycles. The van der Waals surface area contributed by atoms with Crippen LogP contribution < -0.4 is 5.73 Å². The van der Waals surface area contributed by atoms with Crippen molar-refractivity contribution in [1.82, 2.24) is 0 Å². The number of carbonyl (C=O) groups excluding carboxylic acids is 2. The minimum atomic E-state index is 0.215. The van der Waals surface area contributed by atoms with E-state index in [1.54, 1.807) is 0 Å². The quantitative estimate of drug-likeness (QED) is 0.859. The van der Waals surface area contributed by atoms with Crippen LogP contribution in [0.4, 0.5) is 0 Å². The number of ketones is 2. The fraction of sp³-hybridized carbons (Fsp3) is 0.529. The molecule has 0 unspecified atom stereocenters. The van der Waals surface area contributed by atoms with Crippen LogP contribution in [0.2, 0.25) is 0 Å². The SMILES string of the molecule is NC1CCC(CC(=O)c2ccc3c(c2)CC(=O)C3)CC1. The molecule has 2 N–H and O–H groups in total. The van der Waals surface area contributed by atoms with Crippen molar-refractivity contribution in [3.05, 3.63) is 34.9 Å². The fourth-order valence-electron chi connectivity index (χ4n) is 3.40. The second-order valence-electron chi connectivity index (χ2n) is 6.28. The van der Waals surface area contributed by atoms with Crippen LogP contribution in [0, 0.1) is 5.92 Å². The molecule has 0 radical (unpaired) electrons. The molecule has 3 heteroatoms. The number of Topliss-reactive ketones (excluding diaryl/α,β-unsaturated/α-hetero) is 2. The monoisotopic (exact) mass is 271 g/mol. The zero-order valence-electron chi connectivity index (χ0n) is 11.7. The van der Waals surface area contributed by atoms with Gasteiger partial charge in [-0.3, -0.25) is 9.59 Å². The summed E-state index contributed by atoms with van der Waals surface area (Å²) in [5.74, 6) is 0.954. The van der Waals surface area contributed by atoms with E-state index in [1.165, 1.54) is 0 Å². The molecule has 1 aromatic carbocycles. The highest BCUT2D eigenvalue weighted by Gasteiger charge is 2.23. The molecule has 106 valence electrons. The molecule has 0 aromatic heterocycles. The van der Waals surface area contributed by atoms with Gasteiger partial charge in [-0.25, -0.2) is 0 Å². The molecule has 3 rings (SSSR count). The third-order valence-corrected chi connectivity index (χ3v) is 4.67. The molecule has 0 atom stereocenters. The van der Waals surface area contributed by atoms with Crippen LogP contribution in [0.15, 0.2) is 18.2 Å². The molecule has 1 fully saturated rings. The average Bonchev–Trinajstić information content (AvgIpc) is 2.80. The van der Waals surface area contributed by atoms with Gasteiger partial charge in [0.1, 0.15) is 5.78 Å². The lowest BCUT2D eigenvalue weighted by atomic mass is 9.82. The van der Waals surface area contributed by atoms with Crippen molar-refractivity contribution in [1.29, 1.82) is 0 Å². The van der Waals surface area contributed by atoms with Gasteiger partial charge in [0.25, 0.3) is 0 Å². The smallest absolute Gasteiger partial charge is 0.163 e. The van der Waals surface area contributed by atoms with Crippen molar-refractivity contribution < 1.29 is 9.59 Å². The maximum absolute atomic E-state index is 12.4. The summed E-state index contributed by atoms with van der Waals surface area (Å²) < 4.78 is 0. The highest BCUT2D eigenvalue weighted by Crippen LogP contribution is 2.28. The summed E-state index contributed by atoms with van der Waals surface area (Å²) in [4.78, 5) is 23.8. The molecule has 1 saturated carbocycles. The molecule has 20 heavy (non-hydrogen) atoms. The first-order valence-corrected chi connectivity index (χ1v) is 7.54. The van der Waals surface area contributed by atoms with Crippen LogP contribution in [0.1, 0.15) is 53.6 Å². The number of carbonyl (C=O) groups is 2. The van der Waals surface area contributed by atoms with Crippen LogP contribution in [-0.4, -0.2) is 17.6 Å². The topological polar surface area (TPSA) is 60.2 Å². The average molecular weight is 271 g/mol. The molecule has 2 aliphatic rings. The predicted octanol–water partition coefficient (Wildman–Crippen LogP) is 2.44. The Hall–Kier alpha value is -1.48. The first-order chi connectivity index (χ1) is 9.61. The molecule has 0 amide bonds. The van der Waals surface area contributed by atoms with Gasteiger partial charge in [0.2, 0.25) is 0 Å². The normalized spacial score (nSPS) is 25.6. The molecule has 0 spiro atoms. The third kappa shape index (κ3) is 2.83. The van der Waals surface area contributed by atoms with Crippen LogP contribution in [0.3, 0.4) is 0 Å². The van der Waals surface area contributed by atoms with Gasteiger partial charge in [-0.2, -0.15) is 0 Å². The van der Waals surface area contributed by atoms with Gasteiger partial charge in [-0.05, 0) is 48.8 Å². The Bertz CT molecular complexity index is 542. The van der Waals surface area contributed by atoms with Gasteiger partial charge >= 0.3 is 0 Å². The second-order valence-corrected chi connectivity index (χ2v) is 6.28. The minimum absolute atomic E-state index is 0.215. The lowest BCUT2D eigenvalue weighted by molar-refractivity contribution is -0.117. The fourth-order valence-corrected chi connectivity index (χ4v) is 3.40. The largest absolute Gasteiger partial charge is 0.328 e. The van der Waals surface area contributed by atoms with Crippen molar-refractivity contribution >= 4 is 11.6 Å². The molecule has 1 aromatic rings. The van der Waals surface area contributed by atoms with E-state index in [-0.39, 0.29) is 11.6 Å². The Morgan fingerprint density at radius 3 is 2.55 bits per heavy atom.